The molecular weight excluding hydrogens is 224 g/mol. The molecule has 1 N–H and O–H groups in total. The van der Waals surface area contributed by atoms with Crippen molar-refractivity contribution < 1.29 is 24.1 Å². The van der Waals surface area contributed by atoms with Gasteiger partial charge in [-0.2, -0.15) is 0 Å². The number of rotatable bonds is 5. The van der Waals surface area contributed by atoms with Gasteiger partial charge in [-0.1, -0.05) is 12.1 Å². The molecule has 0 radical (unpaired) electrons. The third kappa shape index (κ3) is 2.68. The monoisotopic (exact) mass is 238 g/mol. The molecule has 2 rings (SSSR count). The number of hydrogen-bond acceptors (Lipinski definition) is 4. The maximum Gasteiger partial charge on any atom is 0.307 e. The van der Waals surface area contributed by atoms with Gasteiger partial charge in [-0.15, -0.1) is 0 Å². The van der Waals surface area contributed by atoms with Crippen molar-refractivity contribution in [3.05, 3.63) is 23.8 Å². The van der Waals surface area contributed by atoms with Crippen molar-refractivity contribution in [1.29, 1.82) is 0 Å². The quantitative estimate of drug-likeness (QED) is 0.832. The van der Waals surface area contributed by atoms with E-state index in [4.69, 9.17) is 19.3 Å². The third-order valence-electron chi connectivity index (χ3n) is 2.51. The summed E-state index contributed by atoms with van der Waals surface area (Å²) in [6.07, 6.45) is -0.0982. The smallest absolute Gasteiger partial charge is 0.307 e. The van der Waals surface area contributed by atoms with E-state index in [1.54, 1.807) is 18.2 Å². The standard InChI is InChI=1S/C12H14O5/c1-15-10-4-2-3-8(5-11(13)14)12(10)17-9-6-16-7-9/h2-4,9H,5-7H2,1H3,(H,13,14). The van der Waals surface area contributed by atoms with Crippen LogP contribution < -0.4 is 9.47 Å². The van der Waals surface area contributed by atoms with Gasteiger partial charge in [0.15, 0.2) is 11.5 Å². The lowest BCUT2D eigenvalue weighted by Gasteiger charge is -2.28. The number of benzene rings is 1. The Labute approximate surface area is 98.9 Å². The predicted molar refractivity (Wildman–Crippen MR) is 59.6 cm³/mol. The van der Waals surface area contributed by atoms with Gasteiger partial charge in [0, 0.05) is 5.56 Å². The summed E-state index contributed by atoms with van der Waals surface area (Å²) in [6, 6.07) is 5.23. The predicted octanol–water partition coefficient (Wildman–Crippen LogP) is 1.10. The lowest BCUT2D eigenvalue weighted by atomic mass is 10.1. The fourth-order valence-corrected chi connectivity index (χ4v) is 1.61. The van der Waals surface area contributed by atoms with Crippen molar-refractivity contribution in [3.8, 4) is 11.5 Å². The maximum atomic E-state index is 10.8. The zero-order chi connectivity index (χ0) is 12.3. The van der Waals surface area contributed by atoms with Crippen LogP contribution in [-0.4, -0.2) is 37.5 Å². The van der Waals surface area contributed by atoms with Gasteiger partial charge in [-0.25, -0.2) is 0 Å². The van der Waals surface area contributed by atoms with Crippen molar-refractivity contribution in [2.45, 2.75) is 12.5 Å². The minimum Gasteiger partial charge on any atom is -0.493 e. The molecule has 1 fully saturated rings. The highest BCUT2D eigenvalue weighted by atomic mass is 16.6. The van der Waals surface area contributed by atoms with Crippen LogP contribution in [0.4, 0.5) is 0 Å². The Morgan fingerprint density at radius 2 is 2.29 bits per heavy atom. The average molecular weight is 238 g/mol. The largest absolute Gasteiger partial charge is 0.493 e. The number of carboxylic acids is 1. The van der Waals surface area contributed by atoms with Crippen LogP contribution in [0, 0.1) is 0 Å². The van der Waals surface area contributed by atoms with Crippen LogP contribution in [0.3, 0.4) is 0 Å². The number of carbonyl (C=O) groups is 1. The van der Waals surface area contributed by atoms with Crippen LogP contribution in [0.5, 0.6) is 11.5 Å². The summed E-state index contributed by atoms with van der Waals surface area (Å²) < 4.78 is 15.9. The molecule has 1 aliphatic heterocycles. The first-order chi connectivity index (χ1) is 8.20. The van der Waals surface area contributed by atoms with Gasteiger partial charge in [0.25, 0.3) is 0 Å². The highest BCUT2D eigenvalue weighted by molar-refractivity contribution is 5.72. The molecule has 1 saturated heterocycles. The number of ether oxygens (including phenoxy) is 3. The van der Waals surface area contributed by atoms with E-state index in [0.717, 1.165) is 0 Å². The van der Waals surface area contributed by atoms with Crippen molar-refractivity contribution in [3.63, 3.8) is 0 Å². The van der Waals surface area contributed by atoms with E-state index in [0.29, 0.717) is 30.3 Å². The lowest BCUT2D eigenvalue weighted by molar-refractivity contribution is -0.136. The molecule has 17 heavy (non-hydrogen) atoms. The molecule has 0 unspecified atom stereocenters. The van der Waals surface area contributed by atoms with Crippen LogP contribution in [0.1, 0.15) is 5.56 Å². The molecule has 1 aromatic rings. The van der Waals surface area contributed by atoms with E-state index in [9.17, 15) is 4.79 Å². The molecule has 1 aromatic carbocycles. The second kappa shape index (κ2) is 5.05. The Morgan fingerprint density at radius 3 is 2.82 bits per heavy atom. The minimum atomic E-state index is -0.895. The Hall–Kier alpha value is -1.75. The molecule has 0 atom stereocenters. The van der Waals surface area contributed by atoms with Crippen LogP contribution in [0.2, 0.25) is 0 Å². The zero-order valence-electron chi connectivity index (χ0n) is 9.51. The second-order valence-corrected chi connectivity index (χ2v) is 3.80. The molecule has 0 aliphatic carbocycles. The van der Waals surface area contributed by atoms with Crippen LogP contribution in [0.15, 0.2) is 18.2 Å². The van der Waals surface area contributed by atoms with Gasteiger partial charge in [-0.05, 0) is 6.07 Å². The van der Waals surface area contributed by atoms with Gasteiger partial charge in [-0.3, -0.25) is 4.79 Å². The summed E-state index contributed by atoms with van der Waals surface area (Å²) in [5, 5.41) is 8.84. The van der Waals surface area contributed by atoms with Crippen molar-refractivity contribution in [1.82, 2.24) is 0 Å². The van der Waals surface area contributed by atoms with Crippen molar-refractivity contribution in [2.75, 3.05) is 20.3 Å². The molecule has 1 heterocycles. The summed E-state index contributed by atoms with van der Waals surface area (Å²) in [5.41, 5.74) is 0.615. The fourth-order valence-electron chi connectivity index (χ4n) is 1.61. The normalized spacial score (nSPS) is 15.1. The Balaban J connectivity index is 2.25. The first-order valence-corrected chi connectivity index (χ1v) is 5.32. The van der Waals surface area contributed by atoms with E-state index < -0.39 is 5.97 Å². The maximum absolute atomic E-state index is 10.8. The number of para-hydroxylation sites is 1. The first kappa shape index (κ1) is 11.7. The van der Waals surface area contributed by atoms with Crippen molar-refractivity contribution >= 4 is 5.97 Å². The topological polar surface area (TPSA) is 65.0 Å². The van der Waals surface area contributed by atoms with Gasteiger partial charge < -0.3 is 19.3 Å². The number of hydrogen-bond donors (Lipinski definition) is 1. The third-order valence-corrected chi connectivity index (χ3v) is 2.51. The number of aliphatic carboxylic acids is 1. The molecule has 5 nitrogen and oxygen atoms in total. The lowest BCUT2D eigenvalue weighted by Crippen LogP contribution is -2.38. The van der Waals surface area contributed by atoms with E-state index >= 15 is 0 Å². The van der Waals surface area contributed by atoms with E-state index in [2.05, 4.69) is 0 Å². The van der Waals surface area contributed by atoms with E-state index in [1.807, 2.05) is 0 Å². The van der Waals surface area contributed by atoms with Crippen LogP contribution in [0.25, 0.3) is 0 Å². The Bertz CT molecular complexity index is 411. The van der Waals surface area contributed by atoms with Crippen LogP contribution in [-0.2, 0) is 16.0 Å². The Kier molecular flexibility index (Phi) is 3.49. The van der Waals surface area contributed by atoms with Gasteiger partial charge in [0.1, 0.15) is 6.10 Å². The molecular formula is C12H14O5. The number of carboxylic acid groups (broad SMARTS) is 1. The first-order valence-electron chi connectivity index (χ1n) is 5.32. The fraction of sp³-hybridized carbons (Fsp3) is 0.417. The zero-order valence-corrected chi connectivity index (χ0v) is 9.51. The van der Waals surface area contributed by atoms with Gasteiger partial charge in [0.05, 0.1) is 26.7 Å². The molecule has 1 aliphatic rings. The molecule has 0 bridgehead atoms. The van der Waals surface area contributed by atoms with Gasteiger partial charge >= 0.3 is 5.97 Å². The second-order valence-electron chi connectivity index (χ2n) is 3.80. The summed E-state index contributed by atoms with van der Waals surface area (Å²) >= 11 is 0. The summed E-state index contributed by atoms with van der Waals surface area (Å²) in [5.74, 6) is 0.161. The summed E-state index contributed by atoms with van der Waals surface area (Å²) in [4.78, 5) is 10.8. The molecule has 0 aromatic heterocycles. The molecule has 0 amide bonds. The molecule has 0 saturated carbocycles. The summed E-state index contributed by atoms with van der Waals surface area (Å²) in [7, 11) is 1.53. The minimum absolute atomic E-state index is 0.0150. The number of methoxy groups -OCH3 is 1. The van der Waals surface area contributed by atoms with Crippen molar-refractivity contribution in [2.24, 2.45) is 0 Å². The van der Waals surface area contributed by atoms with E-state index in [1.165, 1.54) is 7.11 Å². The molecule has 0 spiro atoms. The molecule has 92 valence electrons. The van der Waals surface area contributed by atoms with Crippen LogP contribution >= 0.6 is 0 Å². The SMILES string of the molecule is COc1cccc(CC(=O)O)c1OC1COC1. The highest BCUT2D eigenvalue weighted by Crippen LogP contribution is 2.33. The molecule has 5 heteroatoms. The van der Waals surface area contributed by atoms with E-state index in [-0.39, 0.29) is 12.5 Å². The summed E-state index contributed by atoms with van der Waals surface area (Å²) in [6.45, 7) is 1.06. The Morgan fingerprint density at radius 1 is 1.53 bits per heavy atom. The average Bonchev–Trinajstić information content (AvgIpc) is 2.23. The van der Waals surface area contributed by atoms with Gasteiger partial charge in [0.2, 0.25) is 0 Å². The highest BCUT2D eigenvalue weighted by Gasteiger charge is 2.23.